The summed E-state index contributed by atoms with van der Waals surface area (Å²) in [6, 6.07) is 0. The first kappa shape index (κ1) is 16.3. The second-order valence-electron chi connectivity index (χ2n) is 4.88. The van der Waals surface area contributed by atoms with Gasteiger partial charge in [0.2, 0.25) is 5.91 Å². The van der Waals surface area contributed by atoms with E-state index in [-0.39, 0.29) is 0 Å². The van der Waals surface area contributed by atoms with Gasteiger partial charge >= 0.3 is 5.69 Å². The molecule has 6 N–H and O–H groups in total. The van der Waals surface area contributed by atoms with Crippen LogP contribution in [0.25, 0.3) is 0 Å². The van der Waals surface area contributed by atoms with Crippen molar-refractivity contribution >= 4 is 11.7 Å². The number of ether oxygens (including phenoxy) is 1. The van der Waals surface area contributed by atoms with E-state index in [9.17, 15) is 24.2 Å². The summed E-state index contributed by atoms with van der Waals surface area (Å²) in [4.78, 5) is 27.0. The Morgan fingerprint density at radius 1 is 1.64 bits per heavy atom. The van der Waals surface area contributed by atoms with Crippen LogP contribution in [-0.4, -0.2) is 56.5 Å². The molecule has 1 aliphatic rings. The topological polar surface area (TPSA) is 157 Å². The van der Waals surface area contributed by atoms with Gasteiger partial charge in [0, 0.05) is 7.05 Å². The van der Waals surface area contributed by atoms with Gasteiger partial charge in [0.05, 0.1) is 24.8 Å². The molecular weight excluding hydrogens is 301 g/mol. The summed E-state index contributed by atoms with van der Waals surface area (Å²) in [5.41, 5.74) is 4.21. The van der Waals surface area contributed by atoms with Crippen molar-refractivity contribution in [2.24, 2.45) is 11.8 Å². The summed E-state index contributed by atoms with van der Waals surface area (Å²) in [7, 11) is 1.26. The minimum Gasteiger partial charge on any atom is -0.394 e. The number of carbonyl (C=O) groups excluding carboxylic acids is 1. The van der Waals surface area contributed by atoms with Crippen LogP contribution in [0.3, 0.4) is 0 Å². The van der Waals surface area contributed by atoms with Gasteiger partial charge in [-0.3, -0.25) is 14.4 Å². The molecule has 10 nitrogen and oxygen atoms in total. The van der Waals surface area contributed by atoms with Crippen molar-refractivity contribution in [3.05, 3.63) is 22.5 Å². The van der Waals surface area contributed by atoms with Gasteiger partial charge in [-0.15, -0.1) is 0 Å². The Morgan fingerprint density at radius 3 is 2.82 bits per heavy atom. The number of carbonyl (C=O) groups is 1. The van der Waals surface area contributed by atoms with E-state index in [1.165, 1.54) is 7.05 Å². The second kappa shape index (κ2) is 5.96. The van der Waals surface area contributed by atoms with E-state index >= 15 is 0 Å². The molecule has 0 radical (unpaired) electrons. The van der Waals surface area contributed by atoms with Gasteiger partial charge < -0.3 is 20.7 Å². The standard InChI is InChI=1S/C11H16FN5O5/c1-16(14)9(20)6-5(3-18)22-10(7(6)19)17-2-4(12)8(13)15-11(17)21/h2,5-7,10,18-19H,3,14H2,1H3,(H2,13,15,21)/t5-,6+,7-,10-/m1/s1. The number of nitrogens with zero attached hydrogens (tertiary/aromatic N) is 3. The Bertz CT molecular complexity index is 636. The minimum absolute atomic E-state index is 0.596. The molecule has 2 rings (SSSR count). The molecule has 1 aliphatic heterocycles. The summed E-state index contributed by atoms with van der Waals surface area (Å²) < 4.78 is 19.4. The Morgan fingerprint density at radius 2 is 2.27 bits per heavy atom. The monoisotopic (exact) mass is 317 g/mol. The highest BCUT2D eigenvalue weighted by molar-refractivity contribution is 5.79. The van der Waals surface area contributed by atoms with Crippen LogP contribution >= 0.6 is 0 Å². The number of halogens is 1. The largest absolute Gasteiger partial charge is 0.394 e. The number of aliphatic hydroxyl groups is 2. The quantitative estimate of drug-likeness (QED) is 0.264. The van der Waals surface area contributed by atoms with E-state index in [4.69, 9.17) is 16.3 Å². The minimum atomic E-state index is -1.53. The maximum absolute atomic E-state index is 13.5. The van der Waals surface area contributed by atoms with Crippen molar-refractivity contribution in [1.29, 1.82) is 0 Å². The number of rotatable bonds is 3. The molecule has 1 aromatic rings. The fraction of sp³-hybridized carbons (Fsp3) is 0.545. The van der Waals surface area contributed by atoms with E-state index in [2.05, 4.69) is 4.98 Å². The summed E-state index contributed by atoms with van der Waals surface area (Å²) >= 11 is 0. The molecule has 1 saturated heterocycles. The predicted molar refractivity (Wildman–Crippen MR) is 70.3 cm³/mol. The number of anilines is 1. The molecule has 122 valence electrons. The van der Waals surface area contributed by atoms with E-state index in [0.717, 1.165) is 5.01 Å². The Hall–Kier alpha value is -2.08. The third-order valence-electron chi connectivity index (χ3n) is 3.40. The third-order valence-corrected chi connectivity index (χ3v) is 3.40. The molecule has 0 aromatic carbocycles. The van der Waals surface area contributed by atoms with Gasteiger partial charge in [-0.25, -0.2) is 15.0 Å². The number of aliphatic hydroxyl groups excluding tert-OH is 2. The Balaban J connectivity index is 2.40. The highest BCUT2D eigenvalue weighted by Gasteiger charge is 2.49. The van der Waals surface area contributed by atoms with Crippen LogP contribution in [-0.2, 0) is 9.53 Å². The molecule has 0 spiro atoms. The first-order chi connectivity index (χ1) is 10.3. The van der Waals surface area contributed by atoms with Gasteiger partial charge in [0.15, 0.2) is 17.9 Å². The Kier molecular flexibility index (Phi) is 4.42. The molecule has 0 saturated carbocycles. The van der Waals surface area contributed by atoms with Crippen molar-refractivity contribution in [2.75, 3.05) is 19.4 Å². The zero-order chi connectivity index (χ0) is 16.6. The van der Waals surface area contributed by atoms with E-state index in [1.54, 1.807) is 0 Å². The Labute approximate surface area is 123 Å². The first-order valence-electron chi connectivity index (χ1n) is 6.28. The smallest absolute Gasteiger partial charge is 0.351 e. The number of hydrogen-bond acceptors (Lipinski definition) is 8. The van der Waals surface area contributed by atoms with E-state index in [0.29, 0.717) is 10.8 Å². The molecular formula is C11H16FN5O5. The van der Waals surface area contributed by atoms with Gasteiger partial charge in [0.25, 0.3) is 0 Å². The molecule has 1 fully saturated rings. The van der Waals surface area contributed by atoms with Crippen LogP contribution in [0.15, 0.2) is 11.0 Å². The number of aromatic nitrogens is 2. The first-order valence-corrected chi connectivity index (χ1v) is 6.28. The average Bonchev–Trinajstić information content (AvgIpc) is 2.78. The van der Waals surface area contributed by atoms with Gasteiger partial charge in [-0.2, -0.15) is 4.98 Å². The summed E-state index contributed by atoms with van der Waals surface area (Å²) in [5.74, 6) is 1.84. The lowest BCUT2D eigenvalue weighted by Crippen LogP contribution is -2.46. The highest BCUT2D eigenvalue weighted by Crippen LogP contribution is 2.34. The SMILES string of the molecule is CN(N)C(=O)[C@@H]1[C@@H](O)[C@H](n2cc(F)c(N)nc2=O)O[C@@H]1CO. The van der Waals surface area contributed by atoms with Crippen molar-refractivity contribution in [2.45, 2.75) is 18.4 Å². The molecule has 1 amide bonds. The van der Waals surface area contributed by atoms with E-state index < -0.39 is 54.2 Å². The van der Waals surface area contributed by atoms with Crippen LogP contribution in [0.2, 0.25) is 0 Å². The van der Waals surface area contributed by atoms with Crippen LogP contribution in [0, 0.1) is 11.7 Å². The third kappa shape index (κ3) is 2.66. The van der Waals surface area contributed by atoms with Crippen molar-refractivity contribution in [3.63, 3.8) is 0 Å². The van der Waals surface area contributed by atoms with Crippen molar-refractivity contribution in [3.8, 4) is 0 Å². The maximum atomic E-state index is 13.5. The molecule has 0 bridgehead atoms. The predicted octanol–water partition coefficient (Wildman–Crippen LogP) is -2.84. The molecule has 2 heterocycles. The number of nitrogens with two attached hydrogens (primary N) is 2. The maximum Gasteiger partial charge on any atom is 0.351 e. The van der Waals surface area contributed by atoms with Crippen molar-refractivity contribution in [1.82, 2.24) is 14.6 Å². The van der Waals surface area contributed by atoms with Crippen molar-refractivity contribution < 1.29 is 24.1 Å². The molecule has 0 unspecified atom stereocenters. The van der Waals surface area contributed by atoms with Crippen LogP contribution in [0.1, 0.15) is 6.23 Å². The number of hydrazine groups is 1. The fourth-order valence-electron chi connectivity index (χ4n) is 2.31. The van der Waals surface area contributed by atoms with Crippen LogP contribution < -0.4 is 17.3 Å². The second-order valence-corrected chi connectivity index (χ2v) is 4.88. The molecule has 0 aliphatic carbocycles. The molecule has 11 heteroatoms. The zero-order valence-electron chi connectivity index (χ0n) is 11.6. The summed E-state index contributed by atoms with van der Waals surface area (Å²) in [6.45, 7) is -0.600. The number of nitrogen functional groups attached to an aromatic ring is 1. The summed E-state index contributed by atoms with van der Waals surface area (Å²) in [5, 5.41) is 20.2. The average molecular weight is 317 g/mol. The van der Waals surface area contributed by atoms with Crippen LogP contribution in [0.5, 0.6) is 0 Å². The highest BCUT2D eigenvalue weighted by atomic mass is 19.1. The van der Waals surface area contributed by atoms with Gasteiger partial charge in [-0.05, 0) is 0 Å². The fourth-order valence-corrected chi connectivity index (χ4v) is 2.31. The zero-order valence-corrected chi connectivity index (χ0v) is 11.6. The van der Waals surface area contributed by atoms with E-state index in [1.807, 2.05) is 0 Å². The molecule has 1 aromatic heterocycles. The molecule has 22 heavy (non-hydrogen) atoms. The van der Waals surface area contributed by atoms with Crippen LogP contribution in [0.4, 0.5) is 10.2 Å². The lowest BCUT2D eigenvalue weighted by Gasteiger charge is -2.21. The number of hydrogen-bond donors (Lipinski definition) is 4. The lowest BCUT2D eigenvalue weighted by atomic mass is 9.97. The summed E-state index contributed by atoms with van der Waals surface area (Å²) in [6.07, 6.45) is -3.32. The van der Waals surface area contributed by atoms with Gasteiger partial charge in [-0.1, -0.05) is 0 Å². The van der Waals surface area contributed by atoms with Gasteiger partial charge in [0.1, 0.15) is 6.10 Å². The molecule has 4 atom stereocenters. The lowest BCUT2D eigenvalue weighted by molar-refractivity contribution is -0.139. The number of amides is 1. The normalized spacial score (nSPS) is 27.9.